The van der Waals surface area contributed by atoms with E-state index in [2.05, 4.69) is 34.6 Å². The zero-order valence-corrected chi connectivity index (χ0v) is 11.2. The molecule has 92 valence electrons. The molecule has 0 aliphatic heterocycles. The third-order valence-electron chi connectivity index (χ3n) is 2.99. The summed E-state index contributed by atoms with van der Waals surface area (Å²) in [5.41, 5.74) is 1.76. The second-order valence-corrected chi connectivity index (χ2v) is 5.08. The molecule has 3 rings (SSSR count). The molecule has 0 unspecified atom stereocenters. The molecule has 1 heterocycles. The predicted octanol–water partition coefficient (Wildman–Crippen LogP) is 3.88. The van der Waals surface area contributed by atoms with Crippen LogP contribution in [0, 0.1) is 11.3 Å². The monoisotopic (exact) mass is 265 g/mol. The number of nitriles is 1. The van der Waals surface area contributed by atoms with Crippen molar-refractivity contribution in [2.45, 2.75) is 0 Å². The van der Waals surface area contributed by atoms with Crippen molar-refractivity contribution in [2.24, 2.45) is 0 Å². The van der Waals surface area contributed by atoms with Gasteiger partial charge in [-0.05, 0) is 10.8 Å². The van der Waals surface area contributed by atoms with Gasteiger partial charge in [0.05, 0.1) is 0 Å². The predicted molar refractivity (Wildman–Crippen MR) is 79.3 cm³/mol. The van der Waals surface area contributed by atoms with Crippen LogP contribution in [0.2, 0.25) is 0 Å². The first-order chi connectivity index (χ1) is 9.33. The lowest BCUT2D eigenvalue weighted by molar-refractivity contribution is 1.36. The van der Waals surface area contributed by atoms with Crippen LogP contribution in [0.25, 0.3) is 22.0 Å². The molecule has 19 heavy (non-hydrogen) atoms. The van der Waals surface area contributed by atoms with Crippen molar-refractivity contribution in [3.63, 3.8) is 0 Å². The summed E-state index contributed by atoms with van der Waals surface area (Å²) < 4.78 is 0. The summed E-state index contributed by atoms with van der Waals surface area (Å²) in [6.07, 6.45) is 0. The summed E-state index contributed by atoms with van der Waals surface area (Å²) in [5, 5.41) is 15.3. The number of rotatable bonds is 2. The van der Waals surface area contributed by atoms with E-state index in [0.29, 0.717) is 4.88 Å². The summed E-state index contributed by atoms with van der Waals surface area (Å²) in [6, 6.07) is 16.4. The lowest BCUT2D eigenvalue weighted by Crippen LogP contribution is -1.87. The molecule has 0 saturated heterocycles. The van der Waals surface area contributed by atoms with Crippen molar-refractivity contribution in [1.29, 1.82) is 5.26 Å². The van der Waals surface area contributed by atoms with Gasteiger partial charge in [-0.25, -0.2) is 4.98 Å². The van der Waals surface area contributed by atoms with Gasteiger partial charge in [0.2, 0.25) is 0 Å². The van der Waals surface area contributed by atoms with Crippen LogP contribution in [0.4, 0.5) is 5.13 Å². The maximum Gasteiger partial charge on any atom is 0.184 e. The maximum atomic E-state index is 9.25. The minimum Gasteiger partial charge on any atom is -0.365 e. The smallest absolute Gasteiger partial charge is 0.184 e. The Bertz CT molecular complexity index is 778. The van der Waals surface area contributed by atoms with E-state index in [1.54, 1.807) is 0 Å². The van der Waals surface area contributed by atoms with Crippen LogP contribution in [0.3, 0.4) is 0 Å². The molecule has 1 N–H and O–H groups in total. The highest BCUT2D eigenvalue weighted by atomic mass is 32.1. The highest BCUT2D eigenvalue weighted by molar-refractivity contribution is 7.16. The van der Waals surface area contributed by atoms with Crippen LogP contribution >= 0.6 is 11.3 Å². The standard InChI is InChI=1S/C15H11N3S/c1-17-15-18-14(13(9-16)19-15)12-8-4-6-10-5-2-3-7-11(10)12/h2-8H,1H3,(H,17,18). The molecular formula is C15H11N3S. The van der Waals surface area contributed by atoms with E-state index in [1.165, 1.54) is 11.3 Å². The number of nitrogens with zero attached hydrogens (tertiary/aromatic N) is 2. The van der Waals surface area contributed by atoms with Crippen molar-refractivity contribution in [3.8, 4) is 17.3 Å². The van der Waals surface area contributed by atoms with Gasteiger partial charge in [-0.3, -0.25) is 0 Å². The molecule has 0 spiro atoms. The fourth-order valence-electron chi connectivity index (χ4n) is 2.12. The van der Waals surface area contributed by atoms with E-state index in [-0.39, 0.29) is 0 Å². The zero-order valence-electron chi connectivity index (χ0n) is 10.3. The van der Waals surface area contributed by atoms with E-state index in [1.807, 2.05) is 31.3 Å². The molecule has 0 amide bonds. The van der Waals surface area contributed by atoms with Gasteiger partial charge in [0, 0.05) is 12.6 Å². The van der Waals surface area contributed by atoms with Gasteiger partial charge < -0.3 is 5.32 Å². The molecule has 4 heteroatoms. The van der Waals surface area contributed by atoms with Gasteiger partial charge in [0.25, 0.3) is 0 Å². The second-order valence-electron chi connectivity index (χ2n) is 4.09. The molecule has 0 atom stereocenters. The first-order valence-corrected chi connectivity index (χ1v) is 6.72. The Morgan fingerprint density at radius 1 is 1.16 bits per heavy atom. The molecule has 0 aliphatic rings. The van der Waals surface area contributed by atoms with E-state index >= 15 is 0 Å². The van der Waals surface area contributed by atoms with Gasteiger partial charge in [0.1, 0.15) is 16.6 Å². The number of hydrogen-bond acceptors (Lipinski definition) is 4. The van der Waals surface area contributed by atoms with E-state index in [4.69, 9.17) is 0 Å². The van der Waals surface area contributed by atoms with Gasteiger partial charge in [0.15, 0.2) is 5.13 Å². The van der Waals surface area contributed by atoms with E-state index < -0.39 is 0 Å². The highest BCUT2D eigenvalue weighted by Gasteiger charge is 2.14. The summed E-state index contributed by atoms with van der Waals surface area (Å²) in [7, 11) is 1.81. The second kappa shape index (κ2) is 4.71. The third kappa shape index (κ3) is 1.94. The van der Waals surface area contributed by atoms with E-state index in [0.717, 1.165) is 27.2 Å². The number of anilines is 1. The molecule has 1 aromatic heterocycles. The molecule has 0 aliphatic carbocycles. The third-order valence-corrected chi connectivity index (χ3v) is 3.96. The average Bonchev–Trinajstić information content (AvgIpc) is 2.90. The molecule has 3 nitrogen and oxygen atoms in total. The van der Waals surface area contributed by atoms with Crippen molar-refractivity contribution in [1.82, 2.24) is 4.98 Å². The number of benzene rings is 2. The van der Waals surface area contributed by atoms with Crippen LogP contribution < -0.4 is 5.32 Å². The number of thiazole rings is 1. The normalized spacial score (nSPS) is 10.3. The van der Waals surface area contributed by atoms with Crippen LogP contribution in [0.15, 0.2) is 42.5 Å². The number of fused-ring (bicyclic) bond motifs is 1. The Morgan fingerprint density at radius 2 is 1.95 bits per heavy atom. The molecule has 2 aromatic carbocycles. The molecule has 0 saturated carbocycles. The minimum absolute atomic E-state index is 0.640. The fraction of sp³-hybridized carbons (Fsp3) is 0.0667. The average molecular weight is 265 g/mol. The first-order valence-electron chi connectivity index (χ1n) is 5.90. The molecule has 0 radical (unpaired) electrons. The van der Waals surface area contributed by atoms with Crippen molar-refractivity contribution >= 4 is 27.2 Å². The number of nitrogens with one attached hydrogen (secondary N) is 1. The zero-order chi connectivity index (χ0) is 13.2. The lowest BCUT2D eigenvalue weighted by Gasteiger charge is -2.04. The van der Waals surface area contributed by atoms with Crippen LogP contribution in [0.5, 0.6) is 0 Å². The molecule has 0 bridgehead atoms. The highest BCUT2D eigenvalue weighted by Crippen LogP contribution is 2.34. The first kappa shape index (κ1) is 11.7. The molecule has 0 fully saturated rings. The SMILES string of the molecule is CNc1nc(-c2cccc3ccccc23)c(C#N)s1. The van der Waals surface area contributed by atoms with Crippen molar-refractivity contribution in [3.05, 3.63) is 47.3 Å². The Hall–Kier alpha value is -2.38. The summed E-state index contributed by atoms with van der Waals surface area (Å²) in [5.74, 6) is 0. The Balaban J connectivity index is 2.30. The quantitative estimate of drug-likeness (QED) is 0.765. The Labute approximate surface area is 115 Å². The molecular weight excluding hydrogens is 254 g/mol. The van der Waals surface area contributed by atoms with Gasteiger partial charge >= 0.3 is 0 Å². The lowest BCUT2D eigenvalue weighted by atomic mass is 10.0. The van der Waals surface area contributed by atoms with E-state index in [9.17, 15) is 5.26 Å². The topological polar surface area (TPSA) is 48.7 Å². The van der Waals surface area contributed by atoms with Crippen LogP contribution in [0.1, 0.15) is 4.88 Å². The summed E-state index contributed by atoms with van der Waals surface area (Å²) >= 11 is 1.38. The van der Waals surface area contributed by atoms with Crippen LogP contribution in [-0.4, -0.2) is 12.0 Å². The van der Waals surface area contributed by atoms with Gasteiger partial charge in [-0.15, -0.1) is 0 Å². The maximum absolute atomic E-state index is 9.25. The van der Waals surface area contributed by atoms with Gasteiger partial charge in [-0.1, -0.05) is 53.8 Å². The number of hydrogen-bond donors (Lipinski definition) is 1. The van der Waals surface area contributed by atoms with Crippen molar-refractivity contribution < 1.29 is 0 Å². The van der Waals surface area contributed by atoms with Crippen LogP contribution in [-0.2, 0) is 0 Å². The van der Waals surface area contributed by atoms with Gasteiger partial charge in [-0.2, -0.15) is 5.26 Å². The molecule has 3 aromatic rings. The fourth-order valence-corrected chi connectivity index (χ4v) is 2.85. The minimum atomic E-state index is 0.640. The summed E-state index contributed by atoms with van der Waals surface area (Å²) in [4.78, 5) is 5.14. The Kier molecular flexibility index (Phi) is 2.90. The number of aromatic nitrogens is 1. The largest absolute Gasteiger partial charge is 0.365 e. The summed E-state index contributed by atoms with van der Waals surface area (Å²) in [6.45, 7) is 0. The Morgan fingerprint density at radius 3 is 2.74 bits per heavy atom. The van der Waals surface area contributed by atoms with Crippen molar-refractivity contribution in [2.75, 3.05) is 12.4 Å².